The SMILES string of the molecule is CC(C)(C)[Si](C)(C)O[C@@H]1[C@@H](CO[Si](c2ccccc2)(c2ccccc2)C(C)(C)C)O[C@@H](n2cnc3c(NC(=O)c4ccccc4)ncnc32)[C@@]1(O)O[P+](=O)O. The van der Waals surface area contributed by atoms with Crippen LogP contribution >= 0.6 is 8.25 Å². The molecule has 6 rings (SSSR count). The lowest BCUT2D eigenvalue weighted by atomic mass is 10.1. The largest absolute Gasteiger partial charge is 0.698 e. The smallest absolute Gasteiger partial charge is 0.406 e. The van der Waals surface area contributed by atoms with Crippen LogP contribution < -0.4 is 15.7 Å². The predicted octanol–water partition coefficient (Wildman–Crippen LogP) is 6.30. The molecule has 0 bridgehead atoms. The number of amides is 1. The molecule has 0 radical (unpaired) electrons. The maximum absolute atomic E-state index is 13.1. The van der Waals surface area contributed by atoms with E-state index in [1.165, 1.54) is 17.2 Å². The topological polar surface area (TPSA) is 167 Å². The number of carbonyl (C=O) groups excluding carboxylic acids is 1. The summed E-state index contributed by atoms with van der Waals surface area (Å²) in [4.78, 5) is 36.6. The molecule has 5 atom stereocenters. The Morgan fingerprint density at radius 2 is 1.45 bits per heavy atom. The van der Waals surface area contributed by atoms with Crippen LogP contribution in [0, 0.1) is 0 Å². The molecular weight excluding hydrogens is 754 g/mol. The van der Waals surface area contributed by atoms with Crippen LogP contribution in [0.15, 0.2) is 104 Å². The maximum atomic E-state index is 13.1. The number of fused-ring (bicyclic) bond motifs is 1. The molecule has 5 aromatic rings. The summed E-state index contributed by atoms with van der Waals surface area (Å²) in [6.07, 6.45) is -1.22. The monoisotopic (exact) mass is 802 g/mol. The zero-order chi connectivity index (χ0) is 39.8. The van der Waals surface area contributed by atoms with Gasteiger partial charge in [0.15, 0.2) is 31.5 Å². The fourth-order valence-electron chi connectivity index (χ4n) is 6.86. The number of hydrogen-bond acceptors (Lipinski definition) is 10. The normalized spacial score (nSPS) is 21.1. The molecule has 3 N–H and O–H groups in total. The average molecular weight is 803 g/mol. The van der Waals surface area contributed by atoms with Gasteiger partial charge in [0.05, 0.1) is 12.9 Å². The lowest BCUT2D eigenvalue weighted by Crippen LogP contribution is -2.67. The first-order valence-electron chi connectivity index (χ1n) is 18.1. The van der Waals surface area contributed by atoms with E-state index in [9.17, 15) is 19.4 Å². The zero-order valence-corrected chi connectivity index (χ0v) is 35.2. The molecule has 55 heavy (non-hydrogen) atoms. The van der Waals surface area contributed by atoms with E-state index in [2.05, 4.69) is 86.1 Å². The van der Waals surface area contributed by atoms with Crippen LogP contribution in [0.1, 0.15) is 58.1 Å². The van der Waals surface area contributed by atoms with Gasteiger partial charge in [0, 0.05) is 10.1 Å². The molecule has 1 aliphatic rings. The highest BCUT2D eigenvalue weighted by Gasteiger charge is 2.66. The number of nitrogens with zero attached hydrogens (tertiary/aromatic N) is 4. The molecule has 13 nitrogen and oxygen atoms in total. The first-order valence-corrected chi connectivity index (χ1v) is 24.0. The number of imidazole rings is 1. The fraction of sp³-hybridized carbons (Fsp3) is 0.385. The van der Waals surface area contributed by atoms with E-state index in [4.69, 9.17) is 18.1 Å². The van der Waals surface area contributed by atoms with Crippen molar-refractivity contribution in [1.29, 1.82) is 0 Å². The van der Waals surface area contributed by atoms with E-state index in [0.29, 0.717) is 5.56 Å². The van der Waals surface area contributed by atoms with Crippen molar-refractivity contribution in [3.05, 3.63) is 109 Å². The van der Waals surface area contributed by atoms with Gasteiger partial charge in [-0.05, 0) is 45.7 Å². The lowest BCUT2D eigenvalue weighted by molar-refractivity contribution is -0.226. The van der Waals surface area contributed by atoms with Crippen LogP contribution in [-0.2, 0) is 22.7 Å². The van der Waals surface area contributed by atoms with Gasteiger partial charge in [0.25, 0.3) is 20.0 Å². The Morgan fingerprint density at radius 3 is 1.98 bits per heavy atom. The summed E-state index contributed by atoms with van der Waals surface area (Å²) in [5.41, 5.74) is 0.773. The number of rotatable bonds is 12. The van der Waals surface area contributed by atoms with Crippen molar-refractivity contribution in [1.82, 2.24) is 19.5 Å². The van der Waals surface area contributed by atoms with Gasteiger partial charge in [-0.2, -0.15) is 0 Å². The molecule has 1 amide bonds. The molecule has 290 valence electrons. The lowest BCUT2D eigenvalue weighted by Gasteiger charge is -2.44. The second-order valence-electron chi connectivity index (χ2n) is 16.2. The Morgan fingerprint density at radius 1 is 0.891 bits per heavy atom. The van der Waals surface area contributed by atoms with E-state index in [0.717, 1.165) is 10.4 Å². The van der Waals surface area contributed by atoms with E-state index < -0.39 is 55.0 Å². The van der Waals surface area contributed by atoms with Crippen LogP contribution in [0.25, 0.3) is 11.2 Å². The van der Waals surface area contributed by atoms with Crippen LogP contribution in [0.5, 0.6) is 0 Å². The van der Waals surface area contributed by atoms with Crippen molar-refractivity contribution in [3.8, 4) is 0 Å². The first kappa shape index (κ1) is 40.6. The summed E-state index contributed by atoms with van der Waals surface area (Å²) in [6.45, 7) is 16.6. The van der Waals surface area contributed by atoms with Gasteiger partial charge in [-0.3, -0.25) is 9.36 Å². The van der Waals surface area contributed by atoms with Crippen LogP contribution in [-0.4, -0.2) is 76.7 Å². The summed E-state index contributed by atoms with van der Waals surface area (Å²) in [5.74, 6) is -2.83. The molecule has 1 saturated heterocycles. The third-order valence-electron chi connectivity index (χ3n) is 10.6. The van der Waals surface area contributed by atoms with Crippen molar-refractivity contribution < 1.29 is 37.5 Å². The fourth-order valence-corrected chi connectivity index (χ4v) is 13.2. The number of carbonyl (C=O) groups is 1. The van der Waals surface area contributed by atoms with E-state index in [1.807, 2.05) is 49.5 Å². The molecule has 1 fully saturated rings. The van der Waals surface area contributed by atoms with Gasteiger partial charge in [0.1, 0.15) is 18.5 Å². The first-order chi connectivity index (χ1) is 25.9. The summed E-state index contributed by atoms with van der Waals surface area (Å²) >= 11 is 0. The molecule has 0 aliphatic carbocycles. The summed E-state index contributed by atoms with van der Waals surface area (Å²) in [6, 6.07) is 28.9. The number of ether oxygens (including phenoxy) is 1. The van der Waals surface area contributed by atoms with E-state index >= 15 is 0 Å². The number of nitrogens with one attached hydrogen (secondary N) is 1. The molecule has 0 saturated carbocycles. The Balaban J connectivity index is 1.46. The number of aliphatic hydroxyl groups is 1. The minimum atomic E-state index is -3.39. The molecule has 3 heterocycles. The standard InChI is InChI=1S/C39H48N5O8PSi2/c1-37(2,3)54(7,8)51-32-30(24-49-55(38(4,5)6,28-20-14-10-15-21-28)29-22-16-11-17-23-29)50-36(39(32,46)52-53(47)48)44-26-42-31-33(40-25-41-34(31)44)43-35(45)27-18-12-9-13-19-27/h9-23,25-26,30,32,36,46H,24H2,1-8H3,(H-,40,41,43,45,47,48)/p+1/t30-,32-,36-,39+/m1/s1. The predicted molar refractivity (Wildman–Crippen MR) is 215 cm³/mol. The number of anilines is 1. The van der Waals surface area contributed by atoms with Crippen molar-refractivity contribution in [2.24, 2.45) is 0 Å². The summed E-state index contributed by atoms with van der Waals surface area (Å²) in [7, 11) is -9.28. The van der Waals surface area contributed by atoms with E-state index in [1.54, 1.807) is 30.3 Å². The van der Waals surface area contributed by atoms with Gasteiger partial charge in [-0.15, -0.1) is 4.89 Å². The Labute approximate surface area is 324 Å². The quantitative estimate of drug-likeness (QED) is 0.0737. The molecule has 3 aromatic carbocycles. The van der Waals surface area contributed by atoms with Crippen molar-refractivity contribution in [3.63, 3.8) is 0 Å². The van der Waals surface area contributed by atoms with Gasteiger partial charge in [-0.1, -0.05) is 125 Å². The van der Waals surface area contributed by atoms with Crippen LogP contribution in [0.3, 0.4) is 0 Å². The van der Waals surface area contributed by atoms with Gasteiger partial charge < -0.3 is 24.0 Å². The number of hydrogen-bond donors (Lipinski definition) is 3. The Kier molecular flexibility index (Phi) is 11.4. The highest BCUT2D eigenvalue weighted by atomic mass is 31.1. The van der Waals surface area contributed by atoms with Crippen molar-refractivity contribution >= 4 is 58.2 Å². The number of aromatic nitrogens is 4. The average Bonchev–Trinajstić information content (AvgIpc) is 3.67. The second kappa shape index (κ2) is 15.5. The van der Waals surface area contributed by atoms with Gasteiger partial charge in [0.2, 0.25) is 0 Å². The molecule has 0 spiro atoms. The highest BCUT2D eigenvalue weighted by Crippen LogP contribution is 2.50. The highest BCUT2D eigenvalue weighted by molar-refractivity contribution is 7.32. The molecule has 1 unspecified atom stereocenters. The minimum absolute atomic E-state index is 0.0725. The van der Waals surface area contributed by atoms with E-state index in [-0.39, 0.29) is 33.7 Å². The second-order valence-corrected chi connectivity index (χ2v) is 26.0. The number of benzene rings is 3. The van der Waals surface area contributed by atoms with Gasteiger partial charge in [-0.25, -0.2) is 15.0 Å². The van der Waals surface area contributed by atoms with Crippen LogP contribution in [0.4, 0.5) is 5.82 Å². The molecular formula is C39H49N5O8PSi2+. The summed E-state index contributed by atoms with van der Waals surface area (Å²) in [5, 5.41) is 16.8. The van der Waals surface area contributed by atoms with Crippen molar-refractivity contribution in [2.45, 2.75) is 88.9 Å². The van der Waals surface area contributed by atoms with Crippen LogP contribution in [0.2, 0.25) is 23.2 Å². The minimum Gasteiger partial charge on any atom is -0.406 e. The Bertz CT molecular complexity index is 2090. The van der Waals surface area contributed by atoms with Crippen molar-refractivity contribution in [2.75, 3.05) is 11.9 Å². The third-order valence-corrected chi connectivity index (χ3v) is 20.5. The van der Waals surface area contributed by atoms with Gasteiger partial charge >= 0.3 is 8.25 Å². The Hall–Kier alpha value is -4.03. The molecule has 2 aromatic heterocycles. The molecule has 1 aliphatic heterocycles. The molecule has 16 heteroatoms. The summed E-state index contributed by atoms with van der Waals surface area (Å²) < 4.78 is 40.6. The third kappa shape index (κ3) is 7.86. The maximum Gasteiger partial charge on any atom is 0.698 e. The zero-order valence-electron chi connectivity index (χ0n) is 32.3.